The van der Waals surface area contributed by atoms with E-state index in [4.69, 9.17) is 0 Å². The van der Waals surface area contributed by atoms with Gasteiger partial charge in [-0.3, -0.25) is 9.59 Å². The topological polar surface area (TPSA) is 71.3 Å². The Morgan fingerprint density at radius 1 is 0.741 bits per heavy atom. The molecule has 7 heteroatoms. The lowest BCUT2D eigenvalue weighted by molar-refractivity contribution is 0.0535. The first-order valence-electron chi connectivity index (χ1n) is 8.81. The van der Waals surface area contributed by atoms with Crippen LogP contribution in [0.4, 0.5) is 0 Å². The molecule has 1 aliphatic heterocycles. The summed E-state index contributed by atoms with van der Waals surface area (Å²) in [5, 5.41) is 4.07. The minimum Gasteiger partial charge on any atom is -0.335 e. The normalized spacial score (nSPS) is 14.2. The Morgan fingerprint density at radius 3 is 1.81 bits per heavy atom. The maximum absolute atomic E-state index is 12.7. The molecule has 1 saturated heterocycles. The first-order valence-corrected chi connectivity index (χ1v) is 8.81. The van der Waals surface area contributed by atoms with Crippen molar-refractivity contribution < 1.29 is 9.59 Å². The van der Waals surface area contributed by atoms with Gasteiger partial charge < -0.3 is 9.80 Å². The molecule has 0 radical (unpaired) electrons. The number of carbonyl (C=O) groups is 2. The Balaban J connectivity index is 1.38. The summed E-state index contributed by atoms with van der Waals surface area (Å²) in [5.41, 5.74) is 2.16. The van der Waals surface area contributed by atoms with Gasteiger partial charge in [-0.25, -0.2) is 9.67 Å². The Labute approximate surface area is 156 Å². The monoisotopic (exact) mass is 361 g/mol. The molecule has 2 heterocycles. The zero-order chi connectivity index (χ0) is 18.6. The number of nitrogens with zero attached hydrogens (tertiary/aromatic N) is 5. The lowest BCUT2D eigenvalue weighted by atomic mass is 10.1. The molecular weight excluding hydrogens is 342 g/mol. The van der Waals surface area contributed by atoms with E-state index < -0.39 is 0 Å². The molecule has 1 aliphatic rings. The van der Waals surface area contributed by atoms with Crippen LogP contribution in [0.5, 0.6) is 0 Å². The summed E-state index contributed by atoms with van der Waals surface area (Å²) in [7, 11) is 0. The molecule has 1 aromatic heterocycles. The van der Waals surface area contributed by atoms with Gasteiger partial charge in [0.1, 0.15) is 12.7 Å². The Bertz CT molecular complexity index is 915. The second-order valence-corrected chi connectivity index (χ2v) is 6.34. The summed E-state index contributed by atoms with van der Waals surface area (Å²) in [5.74, 6) is -0.00756. The smallest absolute Gasteiger partial charge is 0.253 e. The van der Waals surface area contributed by atoms with Gasteiger partial charge >= 0.3 is 0 Å². The minimum absolute atomic E-state index is 0.0138. The number of hydrogen-bond acceptors (Lipinski definition) is 4. The quantitative estimate of drug-likeness (QED) is 0.714. The molecule has 0 atom stereocenters. The maximum atomic E-state index is 12.7. The van der Waals surface area contributed by atoms with Gasteiger partial charge in [0.2, 0.25) is 0 Å². The van der Waals surface area contributed by atoms with Crippen molar-refractivity contribution in [1.82, 2.24) is 24.6 Å². The first kappa shape index (κ1) is 17.0. The Morgan fingerprint density at radius 2 is 1.30 bits per heavy atom. The van der Waals surface area contributed by atoms with Gasteiger partial charge in [-0.1, -0.05) is 18.2 Å². The zero-order valence-corrected chi connectivity index (χ0v) is 14.7. The van der Waals surface area contributed by atoms with Gasteiger partial charge in [0.25, 0.3) is 11.8 Å². The molecule has 1 fully saturated rings. The average molecular weight is 361 g/mol. The van der Waals surface area contributed by atoms with Crippen molar-refractivity contribution in [2.24, 2.45) is 0 Å². The molecule has 2 amide bonds. The lowest BCUT2D eigenvalue weighted by Crippen LogP contribution is -2.50. The molecule has 0 N–H and O–H groups in total. The number of piperazine rings is 1. The van der Waals surface area contributed by atoms with Crippen LogP contribution in [-0.4, -0.2) is 62.6 Å². The highest BCUT2D eigenvalue weighted by Crippen LogP contribution is 2.14. The van der Waals surface area contributed by atoms with Crippen molar-refractivity contribution >= 4 is 11.8 Å². The van der Waals surface area contributed by atoms with Gasteiger partial charge in [0, 0.05) is 37.3 Å². The van der Waals surface area contributed by atoms with E-state index in [-0.39, 0.29) is 11.8 Å². The fourth-order valence-electron chi connectivity index (χ4n) is 3.16. The molecule has 136 valence electrons. The van der Waals surface area contributed by atoms with Crippen LogP contribution < -0.4 is 0 Å². The third-order valence-electron chi connectivity index (χ3n) is 4.67. The Hall–Kier alpha value is -3.48. The van der Waals surface area contributed by atoms with E-state index in [0.717, 1.165) is 5.69 Å². The summed E-state index contributed by atoms with van der Waals surface area (Å²) in [4.78, 5) is 32.7. The first-order chi connectivity index (χ1) is 13.2. The van der Waals surface area contributed by atoms with E-state index in [1.807, 2.05) is 42.5 Å². The molecule has 0 bridgehead atoms. The van der Waals surface area contributed by atoms with E-state index in [0.29, 0.717) is 37.3 Å². The molecule has 0 spiro atoms. The van der Waals surface area contributed by atoms with Crippen LogP contribution in [-0.2, 0) is 0 Å². The number of carbonyl (C=O) groups excluding carboxylic acids is 2. The van der Waals surface area contributed by atoms with E-state index in [1.54, 1.807) is 32.9 Å². The highest BCUT2D eigenvalue weighted by molar-refractivity contribution is 5.96. The summed E-state index contributed by atoms with van der Waals surface area (Å²) < 4.78 is 1.64. The molecule has 3 aromatic rings. The van der Waals surface area contributed by atoms with Crippen molar-refractivity contribution in [2.75, 3.05) is 26.2 Å². The number of amides is 2. The largest absolute Gasteiger partial charge is 0.335 e. The van der Waals surface area contributed by atoms with Crippen molar-refractivity contribution in [2.45, 2.75) is 0 Å². The summed E-state index contributed by atoms with van der Waals surface area (Å²) >= 11 is 0. The van der Waals surface area contributed by atoms with Gasteiger partial charge in [0.05, 0.1) is 5.69 Å². The molecule has 7 nitrogen and oxygen atoms in total. The number of rotatable bonds is 3. The number of hydrogen-bond donors (Lipinski definition) is 0. The van der Waals surface area contributed by atoms with Crippen LogP contribution in [0.3, 0.4) is 0 Å². The van der Waals surface area contributed by atoms with E-state index >= 15 is 0 Å². The van der Waals surface area contributed by atoms with Crippen LogP contribution in [0.2, 0.25) is 0 Å². The highest BCUT2D eigenvalue weighted by Gasteiger charge is 2.25. The SMILES string of the molecule is O=C(c1ccccc1)N1CCN(C(=O)c2ccc(-n3cncn3)cc2)CC1. The third kappa shape index (κ3) is 3.57. The molecule has 0 unspecified atom stereocenters. The van der Waals surface area contributed by atoms with Gasteiger partial charge in [-0.2, -0.15) is 5.10 Å². The zero-order valence-electron chi connectivity index (χ0n) is 14.7. The van der Waals surface area contributed by atoms with Crippen LogP contribution in [0, 0.1) is 0 Å². The second kappa shape index (κ2) is 7.41. The molecule has 2 aromatic carbocycles. The predicted octanol–water partition coefficient (Wildman–Crippen LogP) is 1.87. The average Bonchev–Trinajstić information content (AvgIpc) is 3.28. The van der Waals surface area contributed by atoms with Crippen molar-refractivity contribution in [3.8, 4) is 5.69 Å². The van der Waals surface area contributed by atoms with Gasteiger partial charge in [-0.05, 0) is 36.4 Å². The molecule has 0 saturated carbocycles. The number of aromatic nitrogens is 3. The minimum atomic E-state index is -0.0213. The van der Waals surface area contributed by atoms with Crippen LogP contribution >= 0.6 is 0 Å². The van der Waals surface area contributed by atoms with Crippen molar-refractivity contribution in [1.29, 1.82) is 0 Å². The third-order valence-corrected chi connectivity index (χ3v) is 4.67. The predicted molar refractivity (Wildman–Crippen MR) is 99.6 cm³/mol. The van der Waals surface area contributed by atoms with E-state index in [2.05, 4.69) is 10.1 Å². The maximum Gasteiger partial charge on any atom is 0.253 e. The summed E-state index contributed by atoms with van der Waals surface area (Å²) in [6, 6.07) is 16.5. The lowest BCUT2D eigenvalue weighted by Gasteiger charge is -2.35. The van der Waals surface area contributed by atoms with Gasteiger partial charge in [-0.15, -0.1) is 0 Å². The second-order valence-electron chi connectivity index (χ2n) is 6.34. The van der Waals surface area contributed by atoms with Crippen molar-refractivity contribution in [3.63, 3.8) is 0 Å². The number of benzene rings is 2. The van der Waals surface area contributed by atoms with Crippen LogP contribution in [0.1, 0.15) is 20.7 Å². The van der Waals surface area contributed by atoms with Crippen LogP contribution in [0.15, 0.2) is 67.3 Å². The molecule has 0 aliphatic carbocycles. The molecule has 4 rings (SSSR count). The van der Waals surface area contributed by atoms with Gasteiger partial charge in [0.15, 0.2) is 0 Å². The highest BCUT2D eigenvalue weighted by atomic mass is 16.2. The summed E-state index contributed by atoms with van der Waals surface area (Å²) in [6.45, 7) is 2.14. The standard InChI is InChI=1S/C20H19N5O2/c26-19(16-4-2-1-3-5-16)23-10-12-24(13-11-23)20(27)17-6-8-18(9-7-17)25-15-21-14-22-25/h1-9,14-15H,10-13H2. The Kier molecular flexibility index (Phi) is 4.65. The molecular formula is C20H19N5O2. The van der Waals surface area contributed by atoms with E-state index in [9.17, 15) is 9.59 Å². The fourth-order valence-corrected chi connectivity index (χ4v) is 3.16. The molecule has 27 heavy (non-hydrogen) atoms. The van der Waals surface area contributed by atoms with Crippen LogP contribution in [0.25, 0.3) is 5.69 Å². The fraction of sp³-hybridized carbons (Fsp3) is 0.200. The van der Waals surface area contributed by atoms with Crippen molar-refractivity contribution in [3.05, 3.63) is 78.4 Å². The summed E-state index contributed by atoms with van der Waals surface area (Å²) in [6.07, 6.45) is 3.08. The van der Waals surface area contributed by atoms with E-state index in [1.165, 1.54) is 6.33 Å².